The van der Waals surface area contributed by atoms with Gasteiger partial charge in [0.15, 0.2) is 0 Å². The van der Waals surface area contributed by atoms with Gasteiger partial charge in [-0.3, -0.25) is 4.79 Å². The van der Waals surface area contributed by atoms with Gasteiger partial charge in [0.1, 0.15) is 11.6 Å². The van der Waals surface area contributed by atoms with Crippen molar-refractivity contribution in [3.8, 4) is 5.75 Å². The Hall–Kier alpha value is -3.65. The van der Waals surface area contributed by atoms with Crippen molar-refractivity contribution in [3.63, 3.8) is 0 Å². The average Bonchev–Trinajstić information content (AvgIpc) is 2.83. The standard InChI is InChI=1S/C24H26N4O4/c1-3-27-10-12-28(13-11-27)22-15-20(24(30)31)19-14-17(6-9-21(19)26-22)25-23(29)16-4-7-18(32-2)8-5-16/h4-9,14-15H,3,10-13H2,1-2H3,(H,25,29)(H,30,31). The molecular formula is C24H26N4O4. The molecule has 2 heterocycles. The molecule has 8 heteroatoms. The minimum absolute atomic E-state index is 0.170. The van der Waals surface area contributed by atoms with Gasteiger partial charge >= 0.3 is 5.97 Å². The molecule has 2 aromatic carbocycles. The summed E-state index contributed by atoms with van der Waals surface area (Å²) in [5, 5.41) is 13.1. The number of benzene rings is 2. The number of ether oxygens (including phenoxy) is 1. The van der Waals surface area contributed by atoms with E-state index in [1.165, 1.54) is 0 Å². The predicted molar refractivity (Wildman–Crippen MR) is 124 cm³/mol. The number of piperazine rings is 1. The maximum atomic E-state index is 12.6. The second kappa shape index (κ2) is 9.23. The van der Waals surface area contributed by atoms with Crippen LogP contribution in [0.15, 0.2) is 48.5 Å². The van der Waals surface area contributed by atoms with Crippen molar-refractivity contribution >= 4 is 34.3 Å². The Morgan fingerprint density at radius 1 is 1.06 bits per heavy atom. The Kier molecular flexibility index (Phi) is 6.23. The first-order chi connectivity index (χ1) is 15.5. The number of hydrogen-bond donors (Lipinski definition) is 2. The third-order valence-corrected chi connectivity index (χ3v) is 5.78. The van der Waals surface area contributed by atoms with Gasteiger partial charge in [0.05, 0.1) is 18.2 Å². The number of aromatic carboxylic acids is 1. The number of nitrogens with one attached hydrogen (secondary N) is 1. The summed E-state index contributed by atoms with van der Waals surface area (Å²) in [6.45, 7) is 6.61. The molecule has 1 aromatic heterocycles. The molecule has 0 radical (unpaired) electrons. The Labute approximate surface area is 186 Å². The number of carboxylic acids is 1. The predicted octanol–water partition coefficient (Wildman–Crippen LogP) is 3.34. The monoisotopic (exact) mass is 434 g/mol. The molecule has 1 saturated heterocycles. The summed E-state index contributed by atoms with van der Waals surface area (Å²) in [6.07, 6.45) is 0. The number of methoxy groups -OCH3 is 1. The quantitative estimate of drug-likeness (QED) is 0.614. The van der Waals surface area contributed by atoms with E-state index in [1.54, 1.807) is 55.6 Å². The summed E-state index contributed by atoms with van der Waals surface area (Å²) in [7, 11) is 1.56. The molecule has 0 saturated carbocycles. The summed E-state index contributed by atoms with van der Waals surface area (Å²) >= 11 is 0. The lowest BCUT2D eigenvalue weighted by Crippen LogP contribution is -2.46. The van der Waals surface area contributed by atoms with Crippen molar-refractivity contribution in [1.29, 1.82) is 0 Å². The van der Waals surface area contributed by atoms with E-state index in [0.717, 1.165) is 32.7 Å². The Bertz CT molecular complexity index is 1140. The molecule has 0 unspecified atom stereocenters. The Morgan fingerprint density at radius 3 is 2.41 bits per heavy atom. The van der Waals surface area contributed by atoms with E-state index in [1.807, 2.05) is 0 Å². The number of likely N-dealkylation sites (N-methyl/N-ethyl adjacent to an activating group) is 1. The van der Waals surface area contributed by atoms with Crippen molar-refractivity contribution in [2.75, 3.05) is 50.1 Å². The van der Waals surface area contributed by atoms with Crippen LogP contribution >= 0.6 is 0 Å². The number of carbonyl (C=O) groups excluding carboxylic acids is 1. The van der Waals surface area contributed by atoms with Crippen molar-refractivity contribution in [3.05, 3.63) is 59.7 Å². The average molecular weight is 434 g/mol. The van der Waals surface area contributed by atoms with Crippen molar-refractivity contribution in [2.24, 2.45) is 0 Å². The van der Waals surface area contributed by atoms with E-state index in [-0.39, 0.29) is 11.5 Å². The number of pyridine rings is 1. The number of amides is 1. The van der Waals surface area contributed by atoms with Gasteiger partial charge in [-0.1, -0.05) is 6.92 Å². The van der Waals surface area contributed by atoms with Gasteiger partial charge in [0, 0.05) is 42.8 Å². The first-order valence-electron chi connectivity index (χ1n) is 10.6. The molecule has 1 fully saturated rings. The van der Waals surface area contributed by atoms with Crippen LogP contribution in [-0.4, -0.2) is 66.7 Å². The highest BCUT2D eigenvalue weighted by atomic mass is 16.5. The van der Waals surface area contributed by atoms with Crippen molar-refractivity contribution in [2.45, 2.75) is 6.92 Å². The number of carbonyl (C=O) groups is 2. The number of nitrogens with zero attached hydrogens (tertiary/aromatic N) is 3. The van der Waals surface area contributed by atoms with Gasteiger partial charge in [-0.25, -0.2) is 9.78 Å². The first kappa shape index (κ1) is 21.6. The second-order valence-corrected chi connectivity index (χ2v) is 7.67. The number of hydrogen-bond acceptors (Lipinski definition) is 6. The van der Waals surface area contributed by atoms with Crippen LogP contribution in [0, 0.1) is 0 Å². The summed E-state index contributed by atoms with van der Waals surface area (Å²) in [5.74, 6) is 0.0174. The highest BCUT2D eigenvalue weighted by molar-refractivity contribution is 6.08. The van der Waals surface area contributed by atoms with Crippen LogP contribution in [0.1, 0.15) is 27.6 Å². The van der Waals surface area contributed by atoms with Gasteiger partial charge in [-0.2, -0.15) is 0 Å². The third-order valence-electron chi connectivity index (χ3n) is 5.78. The van der Waals surface area contributed by atoms with Gasteiger partial charge in [0.25, 0.3) is 5.91 Å². The molecule has 3 aromatic rings. The van der Waals surface area contributed by atoms with Crippen LogP contribution in [0.2, 0.25) is 0 Å². The van der Waals surface area contributed by atoms with Crippen LogP contribution in [0.5, 0.6) is 5.75 Å². The number of fused-ring (bicyclic) bond motifs is 1. The summed E-state index contributed by atoms with van der Waals surface area (Å²) < 4.78 is 5.12. The van der Waals surface area contributed by atoms with E-state index in [9.17, 15) is 14.7 Å². The fourth-order valence-corrected chi connectivity index (χ4v) is 3.87. The molecule has 0 atom stereocenters. The molecule has 1 amide bonds. The zero-order valence-electron chi connectivity index (χ0n) is 18.2. The zero-order valence-corrected chi connectivity index (χ0v) is 18.2. The van der Waals surface area contributed by atoms with E-state index in [4.69, 9.17) is 9.72 Å². The molecular weight excluding hydrogens is 408 g/mol. The van der Waals surface area contributed by atoms with Gasteiger partial charge in [0.2, 0.25) is 0 Å². The molecule has 0 spiro atoms. The molecule has 1 aliphatic rings. The topological polar surface area (TPSA) is 95.0 Å². The fourth-order valence-electron chi connectivity index (χ4n) is 3.87. The summed E-state index contributed by atoms with van der Waals surface area (Å²) in [4.78, 5) is 33.8. The highest BCUT2D eigenvalue weighted by Crippen LogP contribution is 2.27. The molecule has 4 rings (SSSR count). The van der Waals surface area contributed by atoms with E-state index >= 15 is 0 Å². The smallest absolute Gasteiger partial charge is 0.336 e. The van der Waals surface area contributed by atoms with Crippen molar-refractivity contribution < 1.29 is 19.4 Å². The molecule has 1 aliphatic heterocycles. The lowest BCUT2D eigenvalue weighted by Gasteiger charge is -2.35. The van der Waals surface area contributed by atoms with Gasteiger partial charge in [-0.15, -0.1) is 0 Å². The fraction of sp³-hybridized carbons (Fsp3) is 0.292. The zero-order chi connectivity index (χ0) is 22.7. The van der Waals surface area contributed by atoms with Crippen LogP contribution in [0.4, 0.5) is 11.5 Å². The minimum Gasteiger partial charge on any atom is -0.497 e. The van der Waals surface area contributed by atoms with Gasteiger partial charge < -0.3 is 25.0 Å². The number of rotatable bonds is 6. The highest BCUT2D eigenvalue weighted by Gasteiger charge is 2.20. The molecule has 166 valence electrons. The molecule has 8 nitrogen and oxygen atoms in total. The third kappa shape index (κ3) is 4.50. The largest absolute Gasteiger partial charge is 0.497 e. The Balaban J connectivity index is 1.61. The SMILES string of the molecule is CCN1CCN(c2cc(C(=O)O)c3cc(NC(=O)c4ccc(OC)cc4)ccc3n2)CC1. The molecule has 2 N–H and O–H groups in total. The van der Waals surface area contributed by atoms with Crippen LogP contribution in [-0.2, 0) is 0 Å². The summed E-state index contributed by atoms with van der Waals surface area (Å²) in [6, 6.07) is 13.5. The number of carboxylic acid groups (broad SMARTS) is 1. The molecule has 32 heavy (non-hydrogen) atoms. The van der Waals surface area contributed by atoms with E-state index < -0.39 is 5.97 Å². The van der Waals surface area contributed by atoms with E-state index in [2.05, 4.69) is 22.0 Å². The normalized spacial score (nSPS) is 14.4. The van der Waals surface area contributed by atoms with Gasteiger partial charge in [-0.05, 0) is 55.1 Å². The van der Waals surface area contributed by atoms with Crippen molar-refractivity contribution in [1.82, 2.24) is 9.88 Å². The van der Waals surface area contributed by atoms with Crippen LogP contribution < -0.4 is 15.0 Å². The Morgan fingerprint density at radius 2 is 1.78 bits per heavy atom. The van der Waals surface area contributed by atoms with E-state index in [0.29, 0.717) is 33.7 Å². The molecule has 0 bridgehead atoms. The first-order valence-corrected chi connectivity index (χ1v) is 10.6. The maximum absolute atomic E-state index is 12.6. The van der Waals surface area contributed by atoms with Crippen LogP contribution in [0.3, 0.4) is 0 Å². The maximum Gasteiger partial charge on any atom is 0.336 e. The lowest BCUT2D eigenvalue weighted by atomic mass is 10.1. The second-order valence-electron chi connectivity index (χ2n) is 7.67. The number of anilines is 2. The molecule has 0 aliphatic carbocycles. The lowest BCUT2D eigenvalue weighted by molar-refractivity contribution is 0.0698. The van der Waals surface area contributed by atoms with Crippen LogP contribution in [0.25, 0.3) is 10.9 Å². The summed E-state index contributed by atoms with van der Waals surface area (Å²) in [5.41, 5.74) is 1.74. The minimum atomic E-state index is -1.02. The number of aromatic nitrogens is 1.